The van der Waals surface area contributed by atoms with Crippen LogP contribution in [0.2, 0.25) is 0 Å². The zero-order valence-corrected chi connectivity index (χ0v) is 13.3. The smallest absolute Gasteiger partial charge is 0.316 e. The summed E-state index contributed by atoms with van der Waals surface area (Å²) in [4.78, 5) is 23.5. The predicted molar refractivity (Wildman–Crippen MR) is 80.5 cm³/mol. The van der Waals surface area contributed by atoms with Crippen molar-refractivity contribution in [3.05, 3.63) is 29.8 Å². The van der Waals surface area contributed by atoms with Gasteiger partial charge in [0, 0.05) is 6.42 Å². The number of carbonyl (C=O) groups excluding carboxylic acids is 2. The first-order valence-corrected chi connectivity index (χ1v) is 7.29. The van der Waals surface area contributed by atoms with E-state index in [1.807, 2.05) is 31.2 Å². The summed E-state index contributed by atoms with van der Waals surface area (Å²) in [5.74, 6) is -0.330. The van der Waals surface area contributed by atoms with Gasteiger partial charge >= 0.3 is 5.97 Å². The molecule has 1 aromatic rings. The molecule has 120 valence electrons. The molecule has 1 aromatic carbocycles. The molecule has 0 aliphatic heterocycles. The van der Waals surface area contributed by atoms with Crippen LogP contribution in [0.3, 0.4) is 0 Å². The number of carbonyl (C=O) groups is 2. The molecule has 0 bridgehead atoms. The van der Waals surface area contributed by atoms with Crippen LogP contribution >= 0.6 is 0 Å². The van der Waals surface area contributed by atoms with Crippen LogP contribution in [-0.2, 0) is 25.7 Å². The molecule has 0 radical (unpaired) electrons. The molecule has 0 heterocycles. The quantitative estimate of drug-likeness (QED) is 0.596. The van der Waals surface area contributed by atoms with Gasteiger partial charge in [0.2, 0.25) is 0 Å². The Morgan fingerprint density at radius 2 is 1.95 bits per heavy atom. The maximum absolute atomic E-state index is 11.9. The van der Waals surface area contributed by atoms with Crippen LogP contribution in [0.4, 0.5) is 0 Å². The van der Waals surface area contributed by atoms with Gasteiger partial charge in [0.15, 0.2) is 0 Å². The van der Waals surface area contributed by atoms with Gasteiger partial charge in [-0.2, -0.15) is 0 Å². The summed E-state index contributed by atoms with van der Waals surface area (Å²) in [5.41, 5.74) is 0.737. The second-order valence-corrected chi connectivity index (χ2v) is 6.07. The van der Waals surface area contributed by atoms with E-state index in [1.165, 1.54) is 7.11 Å². The lowest BCUT2D eigenvalue weighted by atomic mass is 9.89. The van der Waals surface area contributed by atoms with E-state index in [0.29, 0.717) is 26.1 Å². The molecule has 0 spiro atoms. The first kappa shape index (κ1) is 16.5. The SMILES string of the molecule is COC(=O)C1CC(C)(COCc2ccc(OC)cc2)CC1=O. The molecule has 0 aromatic heterocycles. The standard InChI is InChI=1S/C17H22O5/c1-17(8-14(15(18)9-17)16(19)21-3)11-22-10-12-4-6-13(20-2)7-5-12/h4-7,14H,8-11H2,1-3H3. The molecule has 22 heavy (non-hydrogen) atoms. The van der Waals surface area contributed by atoms with Crippen LogP contribution in [0.25, 0.3) is 0 Å². The number of ketones is 1. The molecular formula is C17H22O5. The Hall–Kier alpha value is -1.88. The maximum Gasteiger partial charge on any atom is 0.316 e. The van der Waals surface area contributed by atoms with Crippen molar-refractivity contribution in [2.24, 2.45) is 11.3 Å². The van der Waals surface area contributed by atoms with Crippen molar-refractivity contribution >= 4 is 11.8 Å². The van der Waals surface area contributed by atoms with Gasteiger partial charge in [-0.1, -0.05) is 19.1 Å². The zero-order chi connectivity index (χ0) is 16.2. The Morgan fingerprint density at radius 3 is 2.55 bits per heavy atom. The van der Waals surface area contributed by atoms with Crippen molar-refractivity contribution in [1.29, 1.82) is 0 Å². The van der Waals surface area contributed by atoms with Gasteiger partial charge in [-0.25, -0.2) is 0 Å². The van der Waals surface area contributed by atoms with E-state index in [2.05, 4.69) is 4.74 Å². The zero-order valence-electron chi connectivity index (χ0n) is 13.3. The topological polar surface area (TPSA) is 61.8 Å². The van der Waals surface area contributed by atoms with Gasteiger partial charge in [-0.05, 0) is 29.5 Å². The van der Waals surface area contributed by atoms with E-state index in [9.17, 15) is 9.59 Å². The third-order valence-corrected chi connectivity index (χ3v) is 4.05. The maximum atomic E-state index is 11.9. The average molecular weight is 306 g/mol. The number of Topliss-reactive ketones (excluding diaryl/α,β-unsaturated/α-hetero) is 1. The van der Waals surface area contributed by atoms with E-state index in [4.69, 9.17) is 9.47 Å². The van der Waals surface area contributed by atoms with Crippen LogP contribution in [-0.4, -0.2) is 32.6 Å². The third kappa shape index (κ3) is 3.85. The van der Waals surface area contributed by atoms with E-state index in [0.717, 1.165) is 11.3 Å². The van der Waals surface area contributed by atoms with Gasteiger partial charge in [0.05, 0.1) is 27.4 Å². The molecule has 1 aliphatic rings. The predicted octanol–water partition coefficient (Wildman–Crippen LogP) is 2.37. The fourth-order valence-corrected chi connectivity index (χ4v) is 2.83. The number of rotatable bonds is 6. The molecule has 1 saturated carbocycles. The second-order valence-electron chi connectivity index (χ2n) is 6.07. The van der Waals surface area contributed by atoms with E-state index in [-0.39, 0.29) is 11.2 Å². The minimum Gasteiger partial charge on any atom is -0.497 e. The minimum atomic E-state index is -0.639. The van der Waals surface area contributed by atoms with Crippen molar-refractivity contribution in [2.45, 2.75) is 26.4 Å². The first-order valence-electron chi connectivity index (χ1n) is 7.29. The van der Waals surface area contributed by atoms with E-state index in [1.54, 1.807) is 7.11 Å². The summed E-state index contributed by atoms with van der Waals surface area (Å²) < 4.78 is 15.5. The summed E-state index contributed by atoms with van der Waals surface area (Å²) in [7, 11) is 2.94. The largest absolute Gasteiger partial charge is 0.497 e. The lowest BCUT2D eigenvalue weighted by Gasteiger charge is -2.22. The molecular weight excluding hydrogens is 284 g/mol. The third-order valence-electron chi connectivity index (χ3n) is 4.05. The number of hydrogen-bond donors (Lipinski definition) is 0. The summed E-state index contributed by atoms with van der Waals surface area (Å²) >= 11 is 0. The molecule has 2 rings (SSSR count). The number of ether oxygens (including phenoxy) is 3. The lowest BCUT2D eigenvalue weighted by molar-refractivity contribution is -0.148. The van der Waals surface area contributed by atoms with Crippen LogP contribution in [0.5, 0.6) is 5.75 Å². The number of hydrogen-bond acceptors (Lipinski definition) is 5. The molecule has 2 atom stereocenters. The Labute approximate surface area is 130 Å². The highest BCUT2D eigenvalue weighted by molar-refractivity contribution is 6.01. The Bertz CT molecular complexity index is 536. The molecule has 0 amide bonds. The van der Waals surface area contributed by atoms with Crippen molar-refractivity contribution in [3.63, 3.8) is 0 Å². The monoisotopic (exact) mass is 306 g/mol. The molecule has 0 N–H and O–H groups in total. The Balaban J connectivity index is 1.85. The molecule has 0 saturated heterocycles. The summed E-state index contributed by atoms with van der Waals surface area (Å²) in [6.45, 7) is 2.89. The number of esters is 1. The number of methoxy groups -OCH3 is 2. The second kappa shape index (κ2) is 6.92. The van der Waals surface area contributed by atoms with E-state index < -0.39 is 11.9 Å². The van der Waals surface area contributed by atoms with Crippen LogP contribution in [0, 0.1) is 11.3 Å². The van der Waals surface area contributed by atoms with Crippen molar-refractivity contribution in [1.82, 2.24) is 0 Å². The Kier molecular flexibility index (Phi) is 5.19. The normalized spacial score (nSPS) is 24.3. The van der Waals surface area contributed by atoms with Gasteiger partial charge in [-0.15, -0.1) is 0 Å². The number of benzene rings is 1. The molecule has 1 fully saturated rings. The highest BCUT2D eigenvalue weighted by Crippen LogP contribution is 2.40. The minimum absolute atomic E-state index is 0.0533. The van der Waals surface area contributed by atoms with Gasteiger partial charge in [0.1, 0.15) is 17.5 Å². The van der Waals surface area contributed by atoms with Crippen LogP contribution in [0.15, 0.2) is 24.3 Å². The lowest BCUT2D eigenvalue weighted by Crippen LogP contribution is -2.22. The van der Waals surface area contributed by atoms with Crippen LogP contribution in [0.1, 0.15) is 25.3 Å². The van der Waals surface area contributed by atoms with Crippen molar-refractivity contribution < 1.29 is 23.8 Å². The Morgan fingerprint density at radius 1 is 1.27 bits per heavy atom. The van der Waals surface area contributed by atoms with Gasteiger partial charge in [0.25, 0.3) is 0 Å². The van der Waals surface area contributed by atoms with Gasteiger partial charge in [-0.3, -0.25) is 9.59 Å². The fourth-order valence-electron chi connectivity index (χ4n) is 2.83. The average Bonchev–Trinajstić information content (AvgIpc) is 2.82. The van der Waals surface area contributed by atoms with Gasteiger partial charge < -0.3 is 14.2 Å². The highest BCUT2D eigenvalue weighted by Gasteiger charge is 2.45. The summed E-state index contributed by atoms with van der Waals surface area (Å²) in [6, 6.07) is 7.65. The van der Waals surface area contributed by atoms with Crippen LogP contribution < -0.4 is 4.74 Å². The summed E-state index contributed by atoms with van der Waals surface area (Å²) in [5, 5.41) is 0. The highest BCUT2D eigenvalue weighted by atomic mass is 16.5. The van der Waals surface area contributed by atoms with Crippen molar-refractivity contribution in [2.75, 3.05) is 20.8 Å². The fraction of sp³-hybridized carbons (Fsp3) is 0.529. The van der Waals surface area contributed by atoms with E-state index >= 15 is 0 Å². The molecule has 2 unspecified atom stereocenters. The molecule has 5 nitrogen and oxygen atoms in total. The molecule has 5 heteroatoms. The first-order chi connectivity index (χ1) is 10.5. The molecule has 1 aliphatic carbocycles. The summed E-state index contributed by atoms with van der Waals surface area (Å²) in [6.07, 6.45) is 0.844. The van der Waals surface area contributed by atoms with Crippen molar-refractivity contribution in [3.8, 4) is 5.75 Å².